The summed E-state index contributed by atoms with van der Waals surface area (Å²) >= 11 is 0. The first-order chi connectivity index (χ1) is 8.55. The number of nitrogens with zero attached hydrogens (tertiary/aromatic N) is 3. The molecule has 1 saturated carbocycles. The van der Waals surface area contributed by atoms with E-state index in [0.717, 1.165) is 31.2 Å². The van der Waals surface area contributed by atoms with Crippen LogP contribution in [0.15, 0.2) is 4.52 Å². The molecule has 1 aromatic rings. The molecule has 1 N–H and O–H groups in total. The molecular weight excluding hydrogens is 230 g/mol. The Morgan fingerprint density at radius 2 is 2.17 bits per heavy atom. The molecule has 2 fully saturated rings. The molecule has 2 heterocycles. The summed E-state index contributed by atoms with van der Waals surface area (Å²) in [5, 5.41) is 14.2. The Balaban J connectivity index is 1.50. The third-order valence-corrected chi connectivity index (χ3v) is 3.79. The number of β-amino-alcohol motifs (C(OH)–C–C–N with tert-alkyl or cyclic N) is 1. The molecule has 0 spiro atoms. The normalized spacial score (nSPS) is 23.3. The second-order valence-corrected chi connectivity index (χ2v) is 6.23. The molecule has 0 radical (unpaired) electrons. The highest BCUT2D eigenvalue weighted by Crippen LogP contribution is 2.44. The largest absolute Gasteiger partial charge is 0.387 e. The second kappa shape index (κ2) is 4.31. The summed E-state index contributed by atoms with van der Waals surface area (Å²) in [6.45, 7) is 6.47. The molecule has 18 heavy (non-hydrogen) atoms. The Morgan fingerprint density at radius 3 is 2.78 bits per heavy atom. The van der Waals surface area contributed by atoms with Crippen molar-refractivity contribution >= 4 is 0 Å². The van der Waals surface area contributed by atoms with Crippen molar-refractivity contribution in [1.82, 2.24) is 15.0 Å². The van der Waals surface area contributed by atoms with Crippen LogP contribution in [-0.2, 0) is 13.0 Å². The third-order valence-electron chi connectivity index (χ3n) is 3.79. The Labute approximate surface area is 107 Å². The van der Waals surface area contributed by atoms with Gasteiger partial charge >= 0.3 is 0 Å². The predicted octanol–water partition coefficient (Wildman–Crippen LogP) is 1.22. The standard InChI is InChI=1S/C13H21N3O2/c1-9(2)5-12-14-11(15-18-12)6-16-7-13(17,8-16)10-3-4-10/h9-10,17H,3-8H2,1-2H3. The van der Waals surface area contributed by atoms with Gasteiger partial charge in [-0.2, -0.15) is 4.98 Å². The van der Waals surface area contributed by atoms with Gasteiger partial charge in [0, 0.05) is 19.5 Å². The highest BCUT2D eigenvalue weighted by atomic mass is 16.5. The average Bonchev–Trinajstić information content (AvgIpc) is 3.00. The molecule has 0 atom stereocenters. The lowest BCUT2D eigenvalue weighted by Crippen LogP contribution is -2.62. The van der Waals surface area contributed by atoms with Crippen LogP contribution in [0.5, 0.6) is 0 Å². The highest BCUT2D eigenvalue weighted by Gasteiger charge is 2.51. The first-order valence-electron chi connectivity index (χ1n) is 6.81. The van der Waals surface area contributed by atoms with Crippen LogP contribution in [0.3, 0.4) is 0 Å². The summed E-state index contributed by atoms with van der Waals surface area (Å²) in [7, 11) is 0. The molecule has 0 amide bonds. The number of hydrogen-bond acceptors (Lipinski definition) is 5. The zero-order valence-electron chi connectivity index (χ0n) is 11.1. The summed E-state index contributed by atoms with van der Waals surface area (Å²) in [6.07, 6.45) is 3.20. The molecule has 3 rings (SSSR count). The molecular formula is C13H21N3O2. The lowest BCUT2D eigenvalue weighted by Gasteiger charge is -2.46. The van der Waals surface area contributed by atoms with E-state index in [0.29, 0.717) is 18.4 Å². The maximum absolute atomic E-state index is 10.2. The van der Waals surface area contributed by atoms with Crippen LogP contribution in [-0.4, -0.2) is 38.8 Å². The molecule has 1 aliphatic heterocycles. The molecule has 5 nitrogen and oxygen atoms in total. The molecule has 1 aliphatic carbocycles. The van der Waals surface area contributed by atoms with Crippen LogP contribution in [0.1, 0.15) is 38.4 Å². The first-order valence-corrected chi connectivity index (χ1v) is 6.81. The van der Waals surface area contributed by atoms with E-state index >= 15 is 0 Å². The minimum Gasteiger partial charge on any atom is -0.387 e. The van der Waals surface area contributed by atoms with Crippen LogP contribution < -0.4 is 0 Å². The lowest BCUT2D eigenvalue weighted by atomic mass is 9.89. The molecule has 100 valence electrons. The fourth-order valence-corrected chi connectivity index (χ4v) is 2.71. The number of aromatic nitrogens is 2. The van der Waals surface area contributed by atoms with Crippen LogP contribution in [0.4, 0.5) is 0 Å². The summed E-state index contributed by atoms with van der Waals surface area (Å²) in [5.41, 5.74) is -0.426. The number of likely N-dealkylation sites (tertiary alicyclic amines) is 1. The van der Waals surface area contributed by atoms with Crippen LogP contribution in [0.2, 0.25) is 0 Å². The second-order valence-electron chi connectivity index (χ2n) is 6.23. The first kappa shape index (κ1) is 12.1. The fourth-order valence-electron chi connectivity index (χ4n) is 2.71. The van der Waals surface area contributed by atoms with Crippen molar-refractivity contribution in [3.05, 3.63) is 11.7 Å². The van der Waals surface area contributed by atoms with Gasteiger partial charge in [-0.3, -0.25) is 4.90 Å². The Bertz CT molecular complexity index is 420. The van der Waals surface area contributed by atoms with E-state index in [1.165, 1.54) is 12.8 Å². The van der Waals surface area contributed by atoms with Gasteiger partial charge in [0.05, 0.1) is 12.1 Å². The van der Waals surface area contributed by atoms with Crippen molar-refractivity contribution < 1.29 is 9.63 Å². The Hall–Kier alpha value is -0.940. The monoisotopic (exact) mass is 251 g/mol. The third kappa shape index (κ3) is 2.42. The Morgan fingerprint density at radius 1 is 1.44 bits per heavy atom. The molecule has 0 bridgehead atoms. The van der Waals surface area contributed by atoms with Crippen molar-refractivity contribution in [2.75, 3.05) is 13.1 Å². The van der Waals surface area contributed by atoms with Gasteiger partial charge < -0.3 is 9.63 Å². The molecule has 0 unspecified atom stereocenters. The summed E-state index contributed by atoms with van der Waals surface area (Å²) in [5.74, 6) is 2.53. The van der Waals surface area contributed by atoms with Gasteiger partial charge in [0.15, 0.2) is 5.82 Å². The lowest BCUT2D eigenvalue weighted by molar-refractivity contribution is -0.117. The predicted molar refractivity (Wildman–Crippen MR) is 65.8 cm³/mol. The van der Waals surface area contributed by atoms with Crippen molar-refractivity contribution in [1.29, 1.82) is 0 Å². The molecule has 1 aromatic heterocycles. The summed E-state index contributed by atoms with van der Waals surface area (Å²) in [4.78, 5) is 6.56. The van der Waals surface area contributed by atoms with Crippen LogP contribution in [0.25, 0.3) is 0 Å². The molecule has 2 aliphatic rings. The maximum atomic E-state index is 10.2. The summed E-state index contributed by atoms with van der Waals surface area (Å²) in [6, 6.07) is 0. The van der Waals surface area contributed by atoms with Crippen molar-refractivity contribution in [3.8, 4) is 0 Å². The van der Waals surface area contributed by atoms with E-state index in [1.807, 2.05) is 0 Å². The van der Waals surface area contributed by atoms with Crippen molar-refractivity contribution in [2.45, 2.75) is 45.3 Å². The van der Waals surface area contributed by atoms with E-state index in [-0.39, 0.29) is 0 Å². The fraction of sp³-hybridized carbons (Fsp3) is 0.846. The molecule has 5 heteroatoms. The van der Waals surface area contributed by atoms with Gasteiger partial charge in [-0.15, -0.1) is 0 Å². The SMILES string of the molecule is CC(C)Cc1nc(CN2CC(O)(C3CC3)C2)no1. The van der Waals surface area contributed by atoms with Gasteiger partial charge in [-0.25, -0.2) is 0 Å². The van der Waals surface area contributed by atoms with Gasteiger partial charge in [-0.05, 0) is 24.7 Å². The average molecular weight is 251 g/mol. The number of aliphatic hydroxyl groups is 1. The van der Waals surface area contributed by atoms with Crippen LogP contribution >= 0.6 is 0 Å². The topological polar surface area (TPSA) is 62.4 Å². The number of hydrogen-bond donors (Lipinski definition) is 1. The smallest absolute Gasteiger partial charge is 0.226 e. The molecule has 1 saturated heterocycles. The van der Waals surface area contributed by atoms with Gasteiger partial charge in [0.25, 0.3) is 0 Å². The zero-order chi connectivity index (χ0) is 12.8. The van der Waals surface area contributed by atoms with Gasteiger partial charge in [0.2, 0.25) is 5.89 Å². The van der Waals surface area contributed by atoms with E-state index in [1.54, 1.807) is 0 Å². The van der Waals surface area contributed by atoms with Gasteiger partial charge in [0.1, 0.15) is 0 Å². The maximum Gasteiger partial charge on any atom is 0.226 e. The molecule has 0 aromatic carbocycles. The van der Waals surface area contributed by atoms with Gasteiger partial charge in [-0.1, -0.05) is 19.0 Å². The summed E-state index contributed by atoms with van der Waals surface area (Å²) < 4.78 is 5.21. The zero-order valence-corrected chi connectivity index (χ0v) is 11.1. The highest BCUT2D eigenvalue weighted by molar-refractivity contribution is 5.06. The van der Waals surface area contributed by atoms with E-state index in [9.17, 15) is 5.11 Å². The van der Waals surface area contributed by atoms with Crippen molar-refractivity contribution in [3.63, 3.8) is 0 Å². The van der Waals surface area contributed by atoms with E-state index in [4.69, 9.17) is 4.52 Å². The van der Waals surface area contributed by atoms with Crippen molar-refractivity contribution in [2.24, 2.45) is 11.8 Å². The van der Waals surface area contributed by atoms with E-state index in [2.05, 4.69) is 28.9 Å². The minimum atomic E-state index is -0.426. The quantitative estimate of drug-likeness (QED) is 0.852. The van der Waals surface area contributed by atoms with Crippen LogP contribution in [0, 0.1) is 11.8 Å². The number of rotatable bonds is 5. The minimum absolute atomic E-state index is 0.426. The van der Waals surface area contributed by atoms with E-state index < -0.39 is 5.60 Å². The Kier molecular flexibility index (Phi) is 2.90.